The third-order valence-electron chi connectivity index (χ3n) is 6.37. The summed E-state index contributed by atoms with van der Waals surface area (Å²) < 4.78 is 41.1. The monoisotopic (exact) mass is 454 g/mol. The first kappa shape index (κ1) is 20.2. The molecule has 0 bridgehead atoms. The van der Waals surface area contributed by atoms with Gasteiger partial charge in [-0.2, -0.15) is 18.3 Å². The number of H-pyrrole nitrogens is 1. The number of pyridine rings is 1. The fourth-order valence-corrected chi connectivity index (χ4v) is 4.55. The number of aromatic nitrogens is 6. The van der Waals surface area contributed by atoms with E-state index in [0.29, 0.717) is 23.2 Å². The Morgan fingerprint density at radius 2 is 1.91 bits per heavy atom. The van der Waals surface area contributed by atoms with E-state index in [9.17, 15) is 13.2 Å². The predicted molar refractivity (Wildman–Crippen MR) is 114 cm³/mol. The largest absolute Gasteiger partial charge is 0.417 e. The van der Waals surface area contributed by atoms with E-state index in [1.165, 1.54) is 29.5 Å². The van der Waals surface area contributed by atoms with Crippen LogP contribution >= 0.6 is 0 Å². The number of nitrogens with one attached hydrogen (secondary N) is 1. The highest BCUT2D eigenvalue weighted by molar-refractivity contribution is 5.59. The normalized spacial score (nSPS) is 20.0. The van der Waals surface area contributed by atoms with Gasteiger partial charge in [-0.3, -0.25) is 14.4 Å². The Morgan fingerprint density at radius 3 is 2.67 bits per heavy atom. The lowest BCUT2D eigenvalue weighted by Crippen LogP contribution is -2.49. The number of alkyl halides is 3. The Hall–Kier alpha value is -3.47. The fourth-order valence-electron chi connectivity index (χ4n) is 4.55. The molecule has 1 aliphatic heterocycles. The molecule has 0 aromatic carbocycles. The summed E-state index contributed by atoms with van der Waals surface area (Å²) in [6, 6.07) is 5.04. The summed E-state index contributed by atoms with van der Waals surface area (Å²) in [6.45, 7) is 2.47. The minimum atomic E-state index is -4.44. The number of hydrogen-bond acceptors (Lipinski definition) is 6. The molecule has 4 aromatic rings. The van der Waals surface area contributed by atoms with Gasteiger partial charge in [-0.05, 0) is 31.0 Å². The van der Waals surface area contributed by atoms with Crippen LogP contribution in [-0.4, -0.2) is 60.1 Å². The zero-order chi connectivity index (χ0) is 22.6. The van der Waals surface area contributed by atoms with Gasteiger partial charge >= 0.3 is 6.18 Å². The summed E-state index contributed by atoms with van der Waals surface area (Å²) in [5.74, 6) is 1.08. The van der Waals surface area contributed by atoms with Crippen LogP contribution in [0.25, 0.3) is 17.2 Å². The molecule has 33 heavy (non-hydrogen) atoms. The van der Waals surface area contributed by atoms with Crippen molar-refractivity contribution in [1.82, 2.24) is 34.4 Å². The molecule has 5 heterocycles. The van der Waals surface area contributed by atoms with Gasteiger partial charge in [-0.1, -0.05) is 0 Å². The Bertz CT molecular complexity index is 1280. The van der Waals surface area contributed by atoms with Gasteiger partial charge in [0.1, 0.15) is 17.2 Å². The van der Waals surface area contributed by atoms with Crippen molar-refractivity contribution in [2.24, 2.45) is 0 Å². The van der Waals surface area contributed by atoms with Crippen molar-refractivity contribution in [3.63, 3.8) is 0 Å². The van der Waals surface area contributed by atoms with Crippen LogP contribution < -0.4 is 4.90 Å². The summed E-state index contributed by atoms with van der Waals surface area (Å²) in [5.41, 5.74) is 1.22. The summed E-state index contributed by atoms with van der Waals surface area (Å²) in [5, 5.41) is 7.04. The molecule has 0 radical (unpaired) electrons. The van der Waals surface area contributed by atoms with Crippen LogP contribution in [0.3, 0.4) is 0 Å². The van der Waals surface area contributed by atoms with E-state index in [4.69, 9.17) is 4.98 Å². The summed E-state index contributed by atoms with van der Waals surface area (Å²) in [4.78, 5) is 18.0. The second-order valence-corrected chi connectivity index (χ2v) is 8.49. The summed E-state index contributed by atoms with van der Waals surface area (Å²) >= 11 is 0. The van der Waals surface area contributed by atoms with E-state index in [1.807, 2.05) is 18.5 Å². The Morgan fingerprint density at radius 1 is 1.03 bits per heavy atom. The van der Waals surface area contributed by atoms with Gasteiger partial charge in [0, 0.05) is 49.8 Å². The third kappa shape index (κ3) is 3.71. The van der Waals surface area contributed by atoms with Crippen LogP contribution in [-0.2, 0) is 6.18 Å². The maximum Gasteiger partial charge on any atom is 0.417 e. The van der Waals surface area contributed by atoms with Crippen molar-refractivity contribution in [2.45, 2.75) is 31.1 Å². The van der Waals surface area contributed by atoms with E-state index in [0.717, 1.165) is 43.3 Å². The van der Waals surface area contributed by atoms with Gasteiger partial charge in [0.2, 0.25) is 0 Å². The fraction of sp³-hybridized carbons (Fsp3) is 0.364. The van der Waals surface area contributed by atoms with Crippen molar-refractivity contribution in [1.29, 1.82) is 0 Å². The van der Waals surface area contributed by atoms with Crippen LogP contribution in [0.15, 0.2) is 49.2 Å². The number of fused-ring (bicyclic) bond motifs is 1. The van der Waals surface area contributed by atoms with E-state index >= 15 is 0 Å². The number of hydrogen-bond donors (Lipinski definition) is 1. The molecular weight excluding hydrogens is 433 g/mol. The lowest BCUT2D eigenvalue weighted by Gasteiger charge is -2.42. The van der Waals surface area contributed by atoms with E-state index < -0.39 is 11.7 Å². The Balaban J connectivity index is 1.32. The van der Waals surface area contributed by atoms with Crippen molar-refractivity contribution >= 4 is 11.5 Å². The van der Waals surface area contributed by atoms with Crippen molar-refractivity contribution in [3.05, 3.63) is 60.3 Å². The smallest absolute Gasteiger partial charge is 0.353 e. The SMILES string of the molecule is FC(F)(F)c1ccc2ncc(-c3nccc(N4CCN(C5CC5)C(c5cn[nH]c5)C4)n3)n2c1. The number of halogens is 3. The standard InChI is InChI=1S/C22H21F3N8/c23-22(24,25)15-1-4-19-27-11-17(33(19)12-15)21-26-6-5-20(30-21)31-7-8-32(16-2-3-16)18(13-31)14-9-28-29-10-14/h1,4-6,9-12,16,18H,2-3,7-8,13H2,(H,28,29). The molecule has 1 aliphatic carbocycles. The number of aromatic amines is 1. The van der Waals surface area contributed by atoms with Gasteiger partial charge < -0.3 is 4.90 Å². The number of piperazine rings is 1. The molecule has 6 rings (SSSR count). The molecule has 0 amide bonds. The molecule has 1 saturated heterocycles. The molecule has 11 heteroatoms. The van der Waals surface area contributed by atoms with E-state index in [1.54, 1.807) is 6.20 Å². The molecule has 1 atom stereocenters. The quantitative estimate of drug-likeness (QED) is 0.508. The molecule has 170 valence electrons. The first-order valence-corrected chi connectivity index (χ1v) is 10.8. The van der Waals surface area contributed by atoms with E-state index in [2.05, 4.69) is 30.0 Å². The summed E-state index contributed by atoms with van der Waals surface area (Å²) in [6.07, 6.45) is 6.00. The van der Waals surface area contributed by atoms with Gasteiger partial charge in [-0.15, -0.1) is 0 Å². The van der Waals surface area contributed by atoms with Crippen LogP contribution in [0.1, 0.15) is 30.0 Å². The lowest BCUT2D eigenvalue weighted by atomic mass is 10.1. The zero-order valence-electron chi connectivity index (χ0n) is 17.6. The van der Waals surface area contributed by atoms with Crippen molar-refractivity contribution in [2.75, 3.05) is 24.5 Å². The van der Waals surface area contributed by atoms with E-state index in [-0.39, 0.29) is 6.04 Å². The molecule has 8 nitrogen and oxygen atoms in total. The highest BCUT2D eigenvalue weighted by Crippen LogP contribution is 2.37. The van der Waals surface area contributed by atoms with Crippen LogP contribution in [0.2, 0.25) is 0 Å². The van der Waals surface area contributed by atoms with Gasteiger partial charge in [0.15, 0.2) is 5.82 Å². The summed E-state index contributed by atoms with van der Waals surface area (Å²) in [7, 11) is 0. The first-order valence-electron chi connectivity index (χ1n) is 10.8. The Labute approximate surface area is 187 Å². The topological polar surface area (TPSA) is 78.2 Å². The molecule has 1 unspecified atom stereocenters. The lowest BCUT2D eigenvalue weighted by molar-refractivity contribution is -0.137. The Kier molecular flexibility index (Phi) is 4.61. The van der Waals surface area contributed by atoms with Gasteiger partial charge in [0.25, 0.3) is 0 Å². The molecular formula is C22H21F3N8. The van der Waals surface area contributed by atoms with Crippen LogP contribution in [0.5, 0.6) is 0 Å². The number of rotatable bonds is 4. The molecule has 1 N–H and O–H groups in total. The van der Waals surface area contributed by atoms with Gasteiger partial charge in [0.05, 0.1) is 24.0 Å². The van der Waals surface area contributed by atoms with Crippen LogP contribution in [0.4, 0.5) is 19.0 Å². The first-order chi connectivity index (χ1) is 16.0. The second kappa shape index (κ2) is 7.55. The van der Waals surface area contributed by atoms with Crippen molar-refractivity contribution in [3.8, 4) is 11.5 Å². The highest BCUT2D eigenvalue weighted by Gasteiger charge is 2.38. The molecule has 0 spiro atoms. The molecule has 2 aliphatic rings. The molecule has 4 aromatic heterocycles. The zero-order valence-corrected chi connectivity index (χ0v) is 17.6. The minimum Gasteiger partial charge on any atom is -0.353 e. The molecule has 2 fully saturated rings. The van der Waals surface area contributed by atoms with Gasteiger partial charge in [-0.25, -0.2) is 15.0 Å². The average molecular weight is 454 g/mol. The highest BCUT2D eigenvalue weighted by atomic mass is 19.4. The third-order valence-corrected chi connectivity index (χ3v) is 6.37. The van der Waals surface area contributed by atoms with Crippen LogP contribution in [0, 0.1) is 0 Å². The number of nitrogens with zero attached hydrogens (tertiary/aromatic N) is 7. The maximum atomic E-state index is 13.2. The predicted octanol–water partition coefficient (Wildman–Crippen LogP) is 3.56. The second-order valence-electron chi connectivity index (χ2n) is 8.49. The molecule has 1 saturated carbocycles. The average Bonchev–Trinajstić information content (AvgIpc) is 3.34. The number of anilines is 1. The minimum absolute atomic E-state index is 0.202. The maximum absolute atomic E-state index is 13.2. The number of imidazole rings is 1. The van der Waals surface area contributed by atoms with Crippen molar-refractivity contribution < 1.29 is 13.2 Å².